The van der Waals surface area contributed by atoms with Gasteiger partial charge in [0.1, 0.15) is 11.2 Å². The highest BCUT2D eigenvalue weighted by Gasteiger charge is 2.19. The molecule has 230 valence electrons. The molecule has 0 fully saturated rings. The maximum atomic E-state index is 11.6. The monoisotopic (exact) mass is 601 g/mol. The number of ether oxygens (including phenoxy) is 2. The molecule has 0 bridgehead atoms. The number of anilines is 3. The molecule has 1 aromatic heterocycles. The van der Waals surface area contributed by atoms with E-state index in [1.807, 2.05) is 6.07 Å². The predicted molar refractivity (Wildman–Crippen MR) is 182 cm³/mol. The zero-order valence-corrected chi connectivity index (χ0v) is 26.4. The van der Waals surface area contributed by atoms with Crippen LogP contribution < -0.4 is 4.90 Å². The Labute approximate surface area is 264 Å². The minimum Gasteiger partial charge on any atom is -0.463 e. The number of rotatable bonds is 12. The van der Waals surface area contributed by atoms with Crippen molar-refractivity contribution >= 4 is 50.9 Å². The van der Waals surface area contributed by atoms with Crippen molar-refractivity contribution in [3.8, 4) is 0 Å². The molecule has 0 N–H and O–H groups in total. The van der Waals surface area contributed by atoms with Crippen LogP contribution in [-0.2, 0) is 19.1 Å². The van der Waals surface area contributed by atoms with Crippen molar-refractivity contribution in [2.45, 2.75) is 46.5 Å². The molecule has 0 aliphatic heterocycles. The van der Waals surface area contributed by atoms with E-state index in [4.69, 9.17) is 13.9 Å². The fourth-order valence-corrected chi connectivity index (χ4v) is 5.55. The molecule has 5 rings (SSSR count). The van der Waals surface area contributed by atoms with Gasteiger partial charge < -0.3 is 18.8 Å². The molecule has 0 amide bonds. The molecule has 0 aliphatic rings. The van der Waals surface area contributed by atoms with Crippen molar-refractivity contribution in [1.82, 2.24) is 0 Å². The topological polar surface area (TPSA) is 69.0 Å². The van der Waals surface area contributed by atoms with Gasteiger partial charge in [0.15, 0.2) is 0 Å². The standard InChI is InChI=1S/C39H39NO5/c1-7-38(41)43-19-17-29(18-20-44-39(42)8-2)30-11-15-34-35-16-14-33(24-37(35)45-36(34)23-30)40(31-12-9-25(3)27(5)21-31)32-13-10-26(4)28(6)22-32/h7-16,21-24,29H,1-2,17-20H2,3-6H3. The van der Waals surface area contributed by atoms with E-state index in [0.717, 1.165) is 56.7 Å². The van der Waals surface area contributed by atoms with Gasteiger partial charge in [0, 0.05) is 46.1 Å². The molecule has 0 saturated heterocycles. The molecule has 6 heteroatoms. The first-order chi connectivity index (χ1) is 21.7. The van der Waals surface area contributed by atoms with Crippen LogP contribution in [0.1, 0.15) is 46.6 Å². The Hall–Kier alpha value is -5.10. The highest BCUT2D eigenvalue weighted by atomic mass is 16.5. The van der Waals surface area contributed by atoms with Gasteiger partial charge in [0.05, 0.1) is 13.2 Å². The van der Waals surface area contributed by atoms with E-state index in [1.54, 1.807) is 0 Å². The van der Waals surface area contributed by atoms with Crippen LogP contribution in [0.5, 0.6) is 0 Å². The molecule has 0 spiro atoms. The van der Waals surface area contributed by atoms with Gasteiger partial charge in [-0.25, -0.2) is 9.59 Å². The summed E-state index contributed by atoms with van der Waals surface area (Å²) in [5, 5.41) is 2.04. The minimum atomic E-state index is -0.467. The third-order valence-electron chi connectivity index (χ3n) is 8.46. The number of nitrogens with zero attached hydrogens (tertiary/aromatic N) is 1. The van der Waals surface area contributed by atoms with Crippen molar-refractivity contribution in [2.75, 3.05) is 18.1 Å². The third kappa shape index (κ3) is 7.01. The van der Waals surface area contributed by atoms with Crippen LogP contribution in [0.2, 0.25) is 0 Å². The molecule has 0 aliphatic carbocycles. The maximum Gasteiger partial charge on any atom is 0.330 e. The number of esters is 2. The molecule has 4 aromatic carbocycles. The molecular formula is C39H39NO5. The quantitative estimate of drug-likeness (QED) is 0.105. The van der Waals surface area contributed by atoms with Gasteiger partial charge in [-0.3, -0.25) is 0 Å². The second-order valence-corrected chi connectivity index (χ2v) is 11.4. The van der Waals surface area contributed by atoms with Crippen LogP contribution in [0, 0.1) is 27.7 Å². The number of fused-ring (bicyclic) bond motifs is 3. The summed E-state index contributed by atoms with van der Waals surface area (Å²) in [7, 11) is 0. The van der Waals surface area contributed by atoms with E-state index < -0.39 is 11.9 Å². The summed E-state index contributed by atoms with van der Waals surface area (Å²) in [5.41, 5.74) is 10.7. The van der Waals surface area contributed by atoms with Crippen molar-refractivity contribution in [2.24, 2.45) is 0 Å². The van der Waals surface area contributed by atoms with Gasteiger partial charge in [-0.2, -0.15) is 0 Å². The van der Waals surface area contributed by atoms with Gasteiger partial charge in [-0.05, 0) is 117 Å². The minimum absolute atomic E-state index is 0.0292. The van der Waals surface area contributed by atoms with E-state index >= 15 is 0 Å². The van der Waals surface area contributed by atoms with Crippen LogP contribution in [0.15, 0.2) is 103 Å². The first-order valence-corrected chi connectivity index (χ1v) is 15.2. The Morgan fingerprint density at radius 3 is 1.64 bits per heavy atom. The van der Waals surface area contributed by atoms with Crippen LogP contribution >= 0.6 is 0 Å². The van der Waals surface area contributed by atoms with Crippen molar-refractivity contribution < 1.29 is 23.5 Å². The summed E-state index contributed by atoms with van der Waals surface area (Å²) >= 11 is 0. The summed E-state index contributed by atoms with van der Waals surface area (Å²) in [6, 6.07) is 25.6. The summed E-state index contributed by atoms with van der Waals surface area (Å²) in [5.74, 6) is -0.963. The van der Waals surface area contributed by atoms with Crippen molar-refractivity contribution in [1.29, 1.82) is 0 Å². The highest BCUT2D eigenvalue weighted by Crippen LogP contribution is 2.40. The molecule has 0 saturated carbocycles. The summed E-state index contributed by atoms with van der Waals surface area (Å²) in [6.07, 6.45) is 3.41. The number of carbonyl (C=O) groups is 2. The predicted octanol–water partition coefficient (Wildman–Crippen LogP) is 9.61. The van der Waals surface area contributed by atoms with Gasteiger partial charge in [-0.15, -0.1) is 0 Å². The first-order valence-electron chi connectivity index (χ1n) is 15.2. The van der Waals surface area contributed by atoms with E-state index in [9.17, 15) is 9.59 Å². The number of carbonyl (C=O) groups excluding carboxylic acids is 2. The van der Waals surface area contributed by atoms with Gasteiger partial charge in [-0.1, -0.05) is 37.4 Å². The average molecular weight is 602 g/mol. The Kier molecular flexibility index (Phi) is 9.53. The number of aryl methyl sites for hydroxylation is 4. The van der Waals surface area contributed by atoms with Gasteiger partial charge >= 0.3 is 11.9 Å². The summed E-state index contributed by atoms with van der Waals surface area (Å²) in [4.78, 5) is 25.5. The van der Waals surface area contributed by atoms with Gasteiger partial charge in [0.2, 0.25) is 0 Å². The summed E-state index contributed by atoms with van der Waals surface area (Å²) in [6.45, 7) is 15.9. The lowest BCUT2D eigenvalue weighted by Gasteiger charge is -2.26. The fourth-order valence-electron chi connectivity index (χ4n) is 5.55. The first kappa shape index (κ1) is 31.3. The molecule has 5 aromatic rings. The molecule has 1 heterocycles. The molecule has 45 heavy (non-hydrogen) atoms. The Morgan fingerprint density at radius 2 is 1.13 bits per heavy atom. The molecular weight excluding hydrogens is 562 g/mol. The molecule has 0 radical (unpaired) electrons. The fraction of sp³-hybridized carbons (Fsp3) is 0.231. The Balaban J connectivity index is 1.52. The molecule has 0 atom stereocenters. The number of hydrogen-bond donors (Lipinski definition) is 0. The SMILES string of the molecule is C=CC(=O)OCCC(CCOC(=O)C=C)c1ccc2c(c1)oc1cc(N(c3ccc(C)c(C)c3)c3ccc(C)c(C)c3)ccc12. The Morgan fingerprint density at radius 1 is 0.667 bits per heavy atom. The number of hydrogen-bond acceptors (Lipinski definition) is 6. The summed E-state index contributed by atoms with van der Waals surface area (Å²) < 4.78 is 17.0. The average Bonchev–Trinajstić information content (AvgIpc) is 3.40. The van der Waals surface area contributed by atoms with Crippen LogP contribution in [0.4, 0.5) is 17.1 Å². The van der Waals surface area contributed by atoms with E-state index in [2.05, 4.69) is 112 Å². The van der Waals surface area contributed by atoms with Crippen LogP contribution in [-0.4, -0.2) is 25.2 Å². The van der Waals surface area contributed by atoms with Crippen molar-refractivity contribution in [3.05, 3.63) is 126 Å². The lowest BCUT2D eigenvalue weighted by molar-refractivity contribution is -0.138. The zero-order chi connectivity index (χ0) is 32.1. The largest absolute Gasteiger partial charge is 0.463 e. The second kappa shape index (κ2) is 13.7. The van der Waals surface area contributed by atoms with E-state index in [-0.39, 0.29) is 19.1 Å². The van der Waals surface area contributed by atoms with Crippen LogP contribution in [0.25, 0.3) is 21.9 Å². The lowest BCUT2D eigenvalue weighted by Crippen LogP contribution is -2.11. The van der Waals surface area contributed by atoms with Gasteiger partial charge in [0.25, 0.3) is 0 Å². The lowest BCUT2D eigenvalue weighted by atomic mass is 9.92. The highest BCUT2D eigenvalue weighted by molar-refractivity contribution is 6.06. The Bertz CT molecular complexity index is 1820. The molecule has 0 unspecified atom stereocenters. The normalized spacial score (nSPS) is 11.1. The maximum absolute atomic E-state index is 11.6. The van der Waals surface area contributed by atoms with E-state index in [1.165, 1.54) is 22.3 Å². The third-order valence-corrected chi connectivity index (χ3v) is 8.46. The second-order valence-electron chi connectivity index (χ2n) is 11.4. The number of furan rings is 1. The zero-order valence-electron chi connectivity index (χ0n) is 26.4. The smallest absolute Gasteiger partial charge is 0.330 e. The van der Waals surface area contributed by atoms with Crippen LogP contribution in [0.3, 0.4) is 0 Å². The van der Waals surface area contributed by atoms with E-state index in [0.29, 0.717) is 12.8 Å². The number of benzene rings is 4. The van der Waals surface area contributed by atoms with Crippen molar-refractivity contribution in [3.63, 3.8) is 0 Å². The molecule has 6 nitrogen and oxygen atoms in total.